The largest absolute Gasteiger partial charge is 0.357 e. The Bertz CT molecular complexity index is 381. The summed E-state index contributed by atoms with van der Waals surface area (Å²) in [7, 11) is 0. The Morgan fingerprint density at radius 3 is 3.00 bits per heavy atom. The number of hydrogen-bond acceptors (Lipinski definition) is 4. The zero-order chi connectivity index (χ0) is 10.8. The Labute approximate surface area is 87.2 Å². The van der Waals surface area contributed by atoms with Crippen molar-refractivity contribution < 1.29 is 9.66 Å². The van der Waals surface area contributed by atoms with E-state index in [1.54, 1.807) is 6.07 Å². The second kappa shape index (κ2) is 3.96. The SMILES string of the molecule is C[C@H]1CO[C@H](c2cccc([N+](=O)[O-])c2)N1. The van der Waals surface area contributed by atoms with Crippen LogP contribution < -0.4 is 5.32 Å². The van der Waals surface area contributed by atoms with Crippen LogP contribution in [0.2, 0.25) is 0 Å². The summed E-state index contributed by atoms with van der Waals surface area (Å²) in [5, 5.41) is 13.8. The molecule has 2 rings (SSSR count). The third kappa shape index (κ3) is 2.14. The van der Waals surface area contributed by atoms with Gasteiger partial charge in [-0.15, -0.1) is 0 Å². The molecule has 15 heavy (non-hydrogen) atoms. The van der Waals surface area contributed by atoms with Crippen molar-refractivity contribution in [3.05, 3.63) is 39.9 Å². The first-order valence-corrected chi connectivity index (χ1v) is 4.79. The highest BCUT2D eigenvalue weighted by molar-refractivity contribution is 5.35. The summed E-state index contributed by atoms with van der Waals surface area (Å²) in [6.45, 7) is 2.64. The van der Waals surface area contributed by atoms with Crippen LogP contribution in [0.4, 0.5) is 5.69 Å². The van der Waals surface area contributed by atoms with E-state index >= 15 is 0 Å². The minimum Gasteiger partial charge on any atom is -0.357 e. The van der Waals surface area contributed by atoms with Crippen molar-refractivity contribution in [2.45, 2.75) is 19.2 Å². The van der Waals surface area contributed by atoms with Gasteiger partial charge in [0.2, 0.25) is 0 Å². The van der Waals surface area contributed by atoms with Crippen LogP contribution in [0.5, 0.6) is 0 Å². The Morgan fingerprint density at radius 1 is 1.60 bits per heavy atom. The molecule has 0 spiro atoms. The van der Waals surface area contributed by atoms with Crippen molar-refractivity contribution in [3.8, 4) is 0 Å². The molecule has 0 aromatic heterocycles. The number of nitro groups is 1. The average molecular weight is 208 g/mol. The van der Waals surface area contributed by atoms with Crippen LogP contribution in [0, 0.1) is 10.1 Å². The molecular weight excluding hydrogens is 196 g/mol. The van der Waals surface area contributed by atoms with Gasteiger partial charge in [0.1, 0.15) is 6.23 Å². The van der Waals surface area contributed by atoms with Crippen LogP contribution in [0.25, 0.3) is 0 Å². The van der Waals surface area contributed by atoms with Gasteiger partial charge in [-0.25, -0.2) is 0 Å². The zero-order valence-corrected chi connectivity index (χ0v) is 8.34. The molecule has 5 nitrogen and oxygen atoms in total. The van der Waals surface area contributed by atoms with Gasteiger partial charge in [0, 0.05) is 23.7 Å². The maximum Gasteiger partial charge on any atom is 0.269 e. The quantitative estimate of drug-likeness (QED) is 0.592. The first kappa shape index (κ1) is 10.1. The number of nitro benzene ring substituents is 1. The van der Waals surface area contributed by atoms with Gasteiger partial charge in [-0.2, -0.15) is 0 Å². The van der Waals surface area contributed by atoms with Crippen LogP contribution in [0.15, 0.2) is 24.3 Å². The molecule has 1 aliphatic rings. The molecule has 80 valence electrons. The average Bonchev–Trinajstić information content (AvgIpc) is 2.65. The lowest BCUT2D eigenvalue weighted by Gasteiger charge is -2.10. The second-order valence-corrected chi connectivity index (χ2v) is 3.63. The van der Waals surface area contributed by atoms with E-state index in [1.807, 2.05) is 13.0 Å². The summed E-state index contributed by atoms with van der Waals surface area (Å²) in [4.78, 5) is 10.2. The summed E-state index contributed by atoms with van der Waals surface area (Å²) < 4.78 is 5.45. The second-order valence-electron chi connectivity index (χ2n) is 3.63. The predicted molar refractivity (Wildman–Crippen MR) is 54.4 cm³/mol. The molecule has 1 aliphatic heterocycles. The third-order valence-corrected chi connectivity index (χ3v) is 2.33. The van der Waals surface area contributed by atoms with E-state index in [1.165, 1.54) is 12.1 Å². The fraction of sp³-hybridized carbons (Fsp3) is 0.400. The van der Waals surface area contributed by atoms with Crippen molar-refractivity contribution >= 4 is 5.69 Å². The Kier molecular flexibility index (Phi) is 2.66. The van der Waals surface area contributed by atoms with E-state index in [4.69, 9.17) is 4.74 Å². The van der Waals surface area contributed by atoms with Crippen LogP contribution in [0.3, 0.4) is 0 Å². The third-order valence-electron chi connectivity index (χ3n) is 2.33. The molecule has 1 aromatic rings. The standard InChI is InChI=1S/C10H12N2O3/c1-7-6-15-10(11-7)8-3-2-4-9(5-8)12(13)14/h2-5,7,10-11H,6H2,1H3/t7-,10+/m0/s1. The number of non-ortho nitro benzene ring substituents is 1. The molecule has 0 saturated carbocycles. The fourth-order valence-corrected chi connectivity index (χ4v) is 1.59. The van der Waals surface area contributed by atoms with Gasteiger partial charge in [-0.1, -0.05) is 12.1 Å². The van der Waals surface area contributed by atoms with E-state index < -0.39 is 4.92 Å². The molecule has 1 N–H and O–H groups in total. The summed E-state index contributed by atoms with van der Waals surface area (Å²) in [6.07, 6.45) is -0.222. The molecule has 0 bridgehead atoms. The monoisotopic (exact) mass is 208 g/mol. The Balaban J connectivity index is 2.21. The van der Waals surface area contributed by atoms with Gasteiger partial charge in [0.05, 0.1) is 11.5 Å². The summed E-state index contributed by atoms with van der Waals surface area (Å²) in [5.41, 5.74) is 0.894. The van der Waals surface area contributed by atoms with Gasteiger partial charge in [0.15, 0.2) is 0 Å². The first-order chi connectivity index (χ1) is 7.16. The molecule has 5 heteroatoms. The number of benzene rings is 1. The normalized spacial score (nSPS) is 25.4. The highest BCUT2D eigenvalue weighted by atomic mass is 16.6. The molecule has 1 heterocycles. The van der Waals surface area contributed by atoms with Gasteiger partial charge in [-0.3, -0.25) is 15.4 Å². The fourth-order valence-electron chi connectivity index (χ4n) is 1.59. The van der Waals surface area contributed by atoms with Crippen molar-refractivity contribution in [2.24, 2.45) is 0 Å². The lowest BCUT2D eigenvalue weighted by molar-refractivity contribution is -0.385. The molecule has 0 aliphatic carbocycles. The van der Waals surface area contributed by atoms with Crippen LogP contribution >= 0.6 is 0 Å². The predicted octanol–water partition coefficient (Wildman–Crippen LogP) is 1.60. The highest BCUT2D eigenvalue weighted by Gasteiger charge is 2.23. The summed E-state index contributed by atoms with van der Waals surface area (Å²) >= 11 is 0. The molecule has 2 atom stereocenters. The van der Waals surface area contributed by atoms with Crippen molar-refractivity contribution in [3.63, 3.8) is 0 Å². The zero-order valence-electron chi connectivity index (χ0n) is 8.34. The topological polar surface area (TPSA) is 64.4 Å². The van der Waals surface area contributed by atoms with E-state index in [-0.39, 0.29) is 18.0 Å². The smallest absolute Gasteiger partial charge is 0.269 e. The van der Waals surface area contributed by atoms with Gasteiger partial charge < -0.3 is 4.74 Å². The van der Waals surface area contributed by atoms with E-state index in [0.717, 1.165) is 5.56 Å². The van der Waals surface area contributed by atoms with Crippen molar-refractivity contribution in [1.82, 2.24) is 5.32 Å². The minimum atomic E-state index is -0.401. The number of hydrogen-bond donors (Lipinski definition) is 1. The van der Waals surface area contributed by atoms with E-state index in [2.05, 4.69) is 5.32 Å². The Hall–Kier alpha value is -1.46. The maximum absolute atomic E-state index is 10.6. The number of rotatable bonds is 2. The van der Waals surface area contributed by atoms with Crippen molar-refractivity contribution in [1.29, 1.82) is 0 Å². The molecule has 0 amide bonds. The van der Waals surface area contributed by atoms with Crippen LogP contribution in [-0.4, -0.2) is 17.6 Å². The number of nitrogens with one attached hydrogen (secondary N) is 1. The molecule has 1 saturated heterocycles. The van der Waals surface area contributed by atoms with Crippen LogP contribution in [0.1, 0.15) is 18.7 Å². The first-order valence-electron chi connectivity index (χ1n) is 4.79. The molecule has 1 aromatic carbocycles. The van der Waals surface area contributed by atoms with E-state index in [0.29, 0.717) is 6.61 Å². The lowest BCUT2D eigenvalue weighted by atomic mass is 10.2. The summed E-state index contributed by atoms with van der Waals surface area (Å²) in [6, 6.07) is 6.79. The maximum atomic E-state index is 10.6. The molecular formula is C10H12N2O3. The van der Waals surface area contributed by atoms with Gasteiger partial charge in [0.25, 0.3) is 5.69 Å². The summed E-state index contributed by atoms with van der Waals surface area (Å²) in [5.74, 6) is 0. The Morgan fingerprint density at radius 2 is 2.40 bits per heavy atom. The van der Waals surface area contributed by atoms with Crippen molar-refractivity contribution in [2.75, 3.05) is 6.61 Å². The molecule has 0 unspecified atom stereocenters. The van der Waals surface area contributed by atoms with Crippen LogP contribution in [-0.2, 0) is 4.74 Å². The van der Waals surface area contributed by atoms with Gasteiger partial charge in [-0.05, 0) is 6.92 Å². The molecule has 0 radical (unpaired) electrons. The number of ether oxygens (including phenoxy) is 1. The van der Waals surface area contributed by atoms with Gasteiger partial charge >= 0.3 is 0 Å². The molecule has 1 fully saturated rings. The van der Waals surface area contributed by atoms with E-state index in [9.17, 15) is 10.1 Å². The lowest BCUT2D eigenvalue weighted by Crippen LogP contribution is -2.22. The highest BCUT2D eigenvalue weighted by Crippen LogP contribution is 2.23. The number of nitrogens with zero attached hydrogens (tertiary/aromatic N) is 1. The minimum absolute atomic E-state index is 0.0949.